The molecule has 1 saturated carbocycles. The van der Waals surface area contributed by atoms with Crippen LogP contribution in [0.5, 0.6) is 0 Å². The summed E-state index contributed by atoms with van der Waals surface area (Å²) in [5.41, 5.74) is 1.39. The number of carboxylic acid groups (broad SMARTS) is 1. The molecule has 4 nitrogen and oxygen atoms in total. The molecule has 1 amide bonds. The van der Waals surface area contributed by atoms with Crippen molar-refractivity contribution in [2.24, 2.45) is 0 Å². The first-order valence-corrected chi connectivity index (χ1v) is 9.00. The third kappa shape index (κ3) is 5.72. The minimum Gasteiger partial charge on any atom is -0.478 e. The smallest absolute Gasteiger partial charge is 0.335 e. The van der Waals surface area contributed by atoms with Gasteiger partial charge in [0, 0.05) is 24.0 Å². The van der Waals surface area contributed by atoms with Gasteiger partial charge in [-0.15, -0.1) is 0 Å². The molecule has 2 N–H and O–H groups in total. The average Bonchev–Trinajstić information content (AvgIpc) is 2.53. The fraction of sp³-hybridized carbons (Fsp3) is 0.529. The van der Waals surface area contributed by atoms with Crippen molar-refractivity contribution in [2.75, 3.05) is 5.75 Å². The van der Waals surface area contributed by atoms with E-state index in [4.69, 9.17) is 5.11 Å². The Bertz CT molecular complexity index is 495. The highest BCUT2D eigenvalue weighted by molar-refractivity contribution is 7.98. The zero-order valence-electron chi connectivity index (χ0n) is 12.7. The molecule has 120 valence electrons. The van der Waals surface area contributed by atoms with Gasteiger partial charge in [0.25, 0.3) is 0 Å². The van der Waals surface area contributed by atoms with Gasteiger partial charge in [-0.25, -0.2) is 4.79 Å². The van der Waals surface area contributed by atoms with E-state index >= 15 is 0 Å². The largest absolute Gasteiger partial charge is 0.478 e. The topological polar surface area (TPSA) is 66.4 Å². The summed E-state index contributed by atoms with van der Waals surface area (Å²) < 4.78 is 0. The third-order valence-corrected chi connectivity index (χ3v) is 4.94. The van der Waals surface area contributed by atoms with Crippen LogP contribution in [0, 0.1) is 0 Å². The lowest BCUT2D eigenvalue weighted by Crippen LogP contribution is -2.36. The number of carbonyl (C=O) groups excluding carboxylic acids is 1. The van der Waals surface area contributed by atoms with E-state index < -0.39 is 5.97 Å². The van der Waals surface area contributed by atoms with E-state index in [0.717, 1.165) is 29.9 Å². The molecule has 5 heteroatoms. The Labute approximate surface area is 135 Å². The summed E-state index contributed by atoms with van der Waals surface area (Å²) in [6.07, 6.45) is 6.54. The number of carboxylic acids is 1. The molecule has 0 aromatic heterocycles. The van der Waals surface area contributed by atoms with Gasteiger partial charge in [-0.1, -0.05) is 31.4 Å². The lowest BCUT2D eigenvalue weighted by molar-refractivity contribution is -0.121. The number of rotatable bonds is 7. The number of carbonyl (C=O) groups is 2. The standard InChI is InChI=1S/C17H23NO3S/c19-16(18-15-4-2-1-3-5-15)10-11-22-12-13-6-8-14(9-7-13)17(20)21/h6-9,15H,1-5,10-12H2,(H,18,19)(H,20,21). The number of aromatic carboxylic acids is 1. The summed E-state index contributed by atoms with van der Waals surface area (Å²) in [4.78, 5) is 22.6. The SMILES string of the molecule is O=C(CCSCc1ccc(C(=O)O)cc1)NC1CCCCC1. The van der Waals surface area contributed by atoms with E-state index in [-0.39, 0.29) is 5.91 Å². The van der Waals surface area contributed by atoms with Gasteiger partial charge in [0.05, 0.1) is 5.56 Å². The van der Waals surface area contributed by atoms with Gasteiger partial charge >= 0.3 is 5.97 Å². The van der Waals surface area contributed by atoms with Gasteiger partial charge < -0.3 is 10.4 Å². The first-order valence-electron chi connectivity index (χ1n) is 7.84. The number of benzene rings is 1. The quantitative estimate of drug-likeness (QED) is 0.755. The fourth-order valence-electron chi connectivity index (χ4n) is 2.65. The zero-order chi connectivity index (χ0) is 15.8. The van der Waals surface area contributed by atoms with Crippen molar-refractivity contribution in [3.8, 4) is 0 Å². The molecule has 22 heavy (non-hydrogen) atoms. The molecule has 1 aliphatic rings. The van der Waals surface area contributed by atoms with Crippen molar-refractivity contribution < 1.29 is 14.7 Å². The average molecular weight is 321 g/mol. The van der Waals surface area contributed by atoms with Gasteiger partial charge in [-0.2, -0.15) is 11.8 Å². The van der Waals surface area contributed by atoms with E-state index in [0.29, 0.717) is 18.0 Å². The molecule has 0 aliphatic heterocycles. The molecule has 1 aliphatic carbocycles. The molecule has 1 aromatic rings. The molecule has 0 radical (unpaired) electrons. The van der Waals surface area contributed by atoms with Crippen molar-refractivity contribution in [3.05, 3.63) is 35.4 Å². The van der Waals surface area contributed by atoms with Crippen molar-refractivity contribution >= 4 is 23.6 Å². The predicted octanol–water partition coefficient (Wildman–Crippen LogP) is 3.46. The zero-order valence-corrected chi connectivity index (χ0v) is 13.5. The van der Waals surface area contributed by atoms with Crippen LogP contribution in [-0.4, -0.2) is 28.8 Å². The van der Waals surface area contributed by atoms with Crippen LogP contribution in [0.25, 0.3) is 0 Å². The highest BCUT2D eigenvalue weighted by Gasteiger charge is 2.15. The van der Waals surface area contributed by atoms with Crippen LogP contribution in [0.3, 0.4) is 0 Å². The molecule has 0 heterocycles. The minimum absolute atomic E-state index is 0.153. The maximum Gasteiger partial charge on any atom is 0.335 e. The van der Waals surface area contributed by atoms with Crippen LogP contribution < -0.4 is 5.32 Å². The number of hydrogen-bond donors (Lipinski definition) is 2. The highest BCUT2D eigenvalue weighted by atomic mass is 32.2. The number of hydrogen-bond acceptors (Lipinski definition) is 3. The summed E-state index contributed by atoms with van der Waals surface area (Å²) in [5.74, 6) is 0.842. The van der Waals surface area contributed by atoms with Gasteiger partial charge in [0.1, 0.15) is 0 Å². The van der Waals surface area contributed by atoms with Crippen molar-refractivity contribution in [1.82, 2.24) is 5.32 Å². The van der Waals surface area contributed by atoms with Gasteiger partial charge in [0.15, 0.2) is 0 Å². The summed E-state index contributed by atoms with van der Waals surface area (Å²) in [6.45, 7) is 0. The first kappa shape index (κ1) is 16.9. The van der Waals surface area contributed by atoms with Crippen molar-refractivity contribution in [1.29, 1.82) is 0 Å². The molecule has 0 atom stereocenters. The Morgan fingerprint density at radius 1 is 1.14 bits per heavy atom. The minimum atomic E-state index is -0.904. The number of nitrogens with one attached hydrogen (secondary N) is 1. The van der Waals surface area contributed by atoms with Crippen molar-refractivity contribution in [2.45, 2.75) is 50.3 Å². The Hall–Kier alpha value is -1.49. The predicted molar refractivity (Wildman–Crippen MR) is 89.2 cm³/mol. The summed E-state index contributed by atoms with van der Waals surface area (Å²) in [6, 6.07) is 7.29. The second-order valence-corrected chi connectivity index (χ2v) is 6.81. The Balaban J connectivity index is 1.61. The van der Waals surface area contributed by atoms with E-state index in [1.165, 1.54) is 19.3 Å². The summed E-state index contributed by atoms with van der Waals surface area (Å²) >= 11 is 1.70. The second kappa shape index (κ2) is 8.83. The summed E-state index contributed by atoms with van der Waals surface area (Å²) in [5, 5.41) is 12.0. The van der Waals surface area contributed by atoms with Gasteiger partial charge in [0.2, 0.25) is 5.91 Å². The number of thioether (sulfide) groups is 1. The molecule has 0 bridgehead atoms. The molecular weight excluding hydrogens is 298 g/mol. The van der Waals surface area contributed by atoms with E-state index in [1.807, 2.05) is 12.1 Å². The molecule has 1 fully saturated rings. The van der Waals surface area contributed by atoms with Crippen LogP contribution >= 0.6 is 11.8 Å². The fourth-order valence-corrected chi connectivity index (χ4v) is 3.55. The van der Waals surface area contributed by atoms with Crippen LogP contribution in [0.2, 0.25) is 0 Å². The van der Waals surface area contributed by atoms with E-state index in [9.17, 15) is 9.59 Å². The molecule has 0 spiro atoms. The molecule has 0 saturated heterocycles. The molecule has 0 unspecified atom stereocenters. The van der Waals surface area contributed by atoms with E-state index in [1.54, 1.807) is 23.9 Å². The van der Waals surface area contributed by atoms with Crippen LogP contribution in [-0.2, 0) is 10.5 Å². The summed E-state index contributed by atoms with van der Waals surface area (Å²) in [7, 11) is 0. The Morgan fingerprint density at radius 3 is 2.45 bits per heavy atom. The van der Waals surface area contributed by atoms with Crippen LogP contribution in [0.1, 0.15) is 54.4 Å². The lowest BCUT2D eigenvalue weighted by Gasteiger charge is -2.22. The molecular formula is C17H23NO3S. The first-order chi connectivity index (χ1) is 10.6. The maximum absolute atomic E-state index is 11.9. The van der Waals surface area contributed by atoms with Crippen molar-refractivity contribution in [3.63, 3.8) is 0 Å². The molecule has 1 aromatic carbocycles. The van der Waals surface area contributed by atoms with Gasteiger partial charge in [-0.3, -0.25) is 4.79 Å². The monoisotopic (exact) mass is 321 g/mol. The normalized spacial score (nSPS) is 15.5. The highest BCUT2D eigenvalue weighted by Crippen LogP contribution is 2.18. The van der Waals surface area contributed by atoms with Crippen LogP contribution in [0.15, 0.2) is 24.3 Å². The van der Waals surface area contributed by atoms with Crippen LogP contribution in [0.4, 0.5) is 0 Å². The third-order valence-electron chi connectivity index (χ3n) is 3.91. The molecule has 2 rings (SSSR count). The Morgan fingerprint density at radius 2 is 1.82 bits per heavy atom. The lowest BCUT2D eigenvalue weighted by atomic mass is 9.95. The Kier molecular flexibility index (Phi) is 6.77. The maximum atomic E-state index is 11.9. The van der Waals surface area contributed by atoms with Gasteiger partial charge in [-0.05, 0) is 30.5 Å². The van der Waals surface area contributed by atoms with E-state index in [2.05, 4.69) is 5.32 Å². The number of amides is 1. The second-order valence-electron chi connectivity index (χ2n) is 5.71.